The van der Waals surface area contributed by atoms with E-state index in [0.717, 1.165) is 30.5 Å². The first-order chi connectivity index (χ1) is 9.36. The van der Waals surface area contributed by atoms with Crippen LogP contribution in [0, 0.1) is 0 Å². The van der Waals surface area contributed by atoms with Crippen LogP contribution in [0.3, 0.4) is 0 Å². The van der Waals surface area contributed by atoms with Gasteiger partial charge in [-0.2, -0.15) is 0 Å². The lowest BCUT2D eigenvalue weighted by atomic mass is 9.95. The highest BCUT2D eigenvalue weighted by molar-refractivity contribution is 6.07. The van der Waals surface area contributed by atoms with Crippen LogP contribution in [-0.2, 0) is 0 Å². The van der Waals surface area contributed by atoms with Crippen molar-refractivity contribution >= 4 is 5.78 Å². The van der Waals surface area contributed by atoms with Crippen molar-refractivity contribution in [2.24, 2.45) is 0 Å². The van der Waals surface area contributed by atoms with Gasteiger partial charge in [-0.3, -0.25) is 4.79 Å². The standard InChI is InChI=1S/C15H15N3O/c19-15(12-7-3-1-4-8-12)14-11-16-17-18(14)13-9-5-2-6-10-13/h2,5-7,9-11H,1,3-4,8H2. The molecule has 0 bridgehead atoms. The van der Waals surface area contributed by atoms with E-state index < -0.39 is 0 Å². The Bertz CT molecular complexity index is 613. The van der Waals surface area contributed by atoms with Crippen LogP contribution in [0.1, 0.15) is 36.2 Å². The molecule has 1 aromatic carbocycles. The number of para-hydroxylation sites is 1. The molecule has 0 atom stereocenters. The zero-order valence-electron chi connectivity index (χ0n) is 10.6. The summed E-state index contributed by atoms with van der Waals surface area (Å²) in [5.41, 5.74) is 2.30. The summed E-state index contributed by atoms with van der Waals surface area (Å²) in [5, 5.41) is 7.90. The maximum absolute atomic E-state index is 12.5. The van der Waals surface area contributed by atoms with Crippen molar-refractivity contribution in [2.45, 2.75) is 25.7 Å². The van der Waals surface area contributed by atoms with Gasteiger partial charge >= 0.3 is 0 Å². The third-order valence-corrected chi connectivity index (χ3v) is 3.37. The van der Waals surface area contributed by atoms with Gasteiger partial charge in [-0.1, -0.05) is 29.5 Å². The molecule has 0 saturated carbocycles. The molecule has 0 saturated heterocycles. The van der Waals surface area contributed by atoms with Crippen LogP contribution < -0.4 is 0 Å². The van der Waals surface area contributed by atoms with Crippen molar-refractivity contribution in [3.8, 4) is 5.69 Å². The van der Waals surface area contributed by atoms with E-state index in [2.05, 4.69) is 10.3 Å². The van der Waals surface area contributed by atoms with E-state index in [0.29, 0.717) is 5.69 Å². The first-order valence-corrected chi connectivity index (χ1v) is 6.56. The minimum Gasteiger partial charge on any atom is -0.287 e. The maximum atomic E-state index is 12.5. The number of carbonyl (C=O) groups excluding carboxylic acids is 1. The second kappa shape index (κ2) is 5.18. The summed E-state index contributed by atoms with van der Waals surface area (Å²) >= 11 is 0. The van der Waals surface area contributed by atoms with Gasteiger partial charge in [0, 0.05) is 0 Å². The highest BCUT2D eigenvalue weighted by Crippen LogP contribution is 2.21. The summed E-state index contributed by atoms with van der Waals surface area (Å²) in [6, 6.07) is 9.61. The maximum Gasteiger partial charge on any atom is 0.208 e. The smallest absolute Gasteiger partial charge is 0.208 e. The average molecular weight is 253 g/mol. The predicted molar refractivity (Wildman–Crippen MR) is 72.2 cm³/mol. The molecule has 0 fully saturated rings. The molecule has 1 heterocycles. The van der Waals surface area contributed by atoms with Crippen LogP contribution in [0.15, 0.2) is 48.2 Å². The number of hydrogen-bond acceptors (Lipinski definition) is 3. The highest BCUT2D eigenvalue weighted by Gasteiger charge is 2.19. The molecule has 4 nitrogen and oxygen atoms in total. The molecular formula is C15H15N3O. The number of aromatic nitrogens is 3. The van der Waals surface area contributed by atoms with Gasteiger partial charge in [0.25, 0.3) is 0 Å². The average Bonchev–Trinajstić information content (AvgIpc) is 2.98. The van der Waals surface area contributed by atoms with E-state index in [9.17, 15) is 4.79 Å². The molecule has 0 amide bonds. The second-order valence-corrected chi connectivity index (χ2v) is 4.67. The van der Waals surface area contributed by atoms with Gasteiger partial charge in [0.05, 0.1) is 11.9 Å². The SMILES string of the molecule is O=C(C1=CCCCC1)c1cnnn1-c1ccccc1. The van der Waals surface area contributed by atoms with Crippen LogP contribution in [0.2, 0.25) is 0 Å². The molecule has 1 aliphatic rings. The van der Waals surface area contributed by atoms with Crippen LogP contribution >= 0.6 is 0 Å². The lowest BCUT2D eigenvalue weighted by molar-refractivity contribution is 0.102. The molecule has 1 aliphatic carbocycles. The molecule has 0 radical (unpaired) electrons. The first-order valence-electron chi connectivity index (χ1n) is 6.56. The number of Topliss-reactive ketones (excluding diaryl/α,β-unsaturated/α-hetero) is 1. The summed E-state index contributed by atoms with van der Waals surface area (Å²) in [6.07, 6.45) is 7.71. The van der Waals surface area contributed by atoms with E-state index in [1.807, 2.05) is 36.4 Å². The summed E-state index contributed by atoms with van der Waals surface area (Å²) in [6.45, 7) is 0. The fraction of sp³-hybridized carbons (Fsp3) is 0.267. The Morgan fingerprint density at radius 3 is 2.74 bits per heavy atom. The van der Waals surface area contributed by atoms with Gasteiger partial charge in [0.15, 0.2) is 0 Å². The van der Waals surface area contributed by atoms with Gasteiger partial charge in [-0.15, -0.1) is 5.10 Å². The van der Waals surface area contributed by atoms with Gasteiger partial charge in [0.2, 0.25) is 5.78 Å². The Morgan fingerprint density at radius 2 is 2.00 bits per heavy atom. The molecule has 0 N–H and O–H groups in total. The zero-order chi connectivity index (χ0) is 13.1. The first kappa shape index (κ1) is 11.8. The van der Waals surface area contributed by atoms with E-state index in [1.54, 1.807) is 10.9 Å². The number of nitrogens with zero attached hydrogens (tertiary/aromatic N) is 3. The minimum absolute atomic E-state index is 0.0496. The molecule has 0 aliphatic heterocycles. The third kappa shape index (κ3) is 2.34. The number of ketones is 1. The molecule has 96 valence electrons. The Balaban J connectivity index is 1.96. The van der Waals surface area contributed by atoms with Gasteiger partial charge in [0.1, 0.15) is 5.69 Å². The largest absolute Gasteiger partial charge is 0.287 e. The normalized spacial score (nSPS) is 15.1. The van der Waals surface area contributed by atoms with Crippen molar-refractivity contribution in [3.63, 3.8) is 0 Å². The third-order valence-electron chi connectivity index (χ3n) is 3.37. The van der Waals surface area contributed by atoms with Crippen LogP contribution in [0.25, 0.3) is 5.69 Å². The highest BCUT2D eigenvalue weighted by atomic mass is 16.1. The minimum atomic E-state index is 0.0496. The van der Waals surface area contributed by atoms with Gasteiger partial charge < -0.3 is 0 Å². The van der Waals surface area contributed by atoms with Crippen molar-refractivity contribution in [1.29, 1.82) is 0 Å². The van der Waals surface area contributed by atoms with Gasteiger partial charge in [-0.25, -0.2) is 4.68 Å². The van der Waals surface area contributed by atoms with E-state index in [-0.39, 0.29) is 5.78 Å². The van der Waals surface area contributed by atoms with Crippen molar-refractivity contribution in [1.82, 2.24) is 15.0 Å². The fourth-order valence-corrected chi connectivity index (χ4v) is 2.36. The molecule has 1 aromatic heterocycles. The molecule has 4 heteroatoms. The van der Waals surface area contributed by atoms with Crippen molar-refractivity contribution < 1.29 is 4.79 Å². The zero-order valence-corrected chi connectivity index (χ0v) is 10.6. The summed E-state index contributed by atoms with van der Waals surface area (Å²) in [7, 11) is 0. The van der Waals surface area contributed by atoms with Crippen LogP contribution in [0.5, 0.6) is 0 Å². The van der Waals surface area contributed by atoms with Crippen LogP contribution in [-0.4, -0.2) is 20.8 Å². The quantitative estimate of drug-likeness (QED) is 0.790. The number of rotatable bonds is 3. The van der Waals surface area contributed by atoms with Crippen molar-refractivity contribution in [2.75, 3.05) is 0 Å². The monoisotopic (exact) mass is 253 g/mol. The Labute approximate surface area is 111 Å². The van der Waals surface area contributed by atoms with Crippen molar-refractivity contribution in [3.05, 3.63) is 53.9 Å². The second-order valence-electron chi connectivity index (χ2n) is 4.67. The number of carbonyl (C=O) groups is 1. The molecule has 0 unspecified atom stereocenters. The van der Waals surface area contributed by atoms with E-state index in [4.69, 9.17) is 0 Å². The number of allylic oxidation sites excluding steroid dienone is 2. The fourth-order valence-electron chi connectivity index (χ4n) is 2.36. The lowest BCUT2D eigenvalue weighted by Gasteiger charge is -2.12. The van der Waals surface area contributed by atoms with E-state index >= 15 is 0 Å². The van der Waals surface area contributed by atoms with Gasteiger partial charge in [-0.05, 0) is 43.4 Å². The lowest BCUT2D eigenvalue weighted by Crippen LogP contribution is -2.12. The predicted octanol–water partition coefficient (Wildman–Crippen LogP) is 2.95. The Morgan fingerprint density at radius 1 is 1.16 bits per heavy atom. The Hall–Kier alpha value is -2.23. The molecule has 0 spiro atoms. The Kier molecular flexibility index (Phi) is 3.23. The molecule has 19 heavy (non-hydrogen) atoms. The van der Waals surface area contributed by atoms with Crippen LogP contribution in [0.4, 0.5) is 0 Å². The van der Waals surface area contributed by atoms with E-state index in [1.165, 1.54) is 6.42 Å². The summed E-state index contributed by atoms with van der Waals surface area (Å²) in [4.78, 5) is 12.5. The summed E-state index contributed by atoms with van der Waals surface area (Å²) in [5.74, 6) is 0.0496. The number of benzene rings is 1. The summed E-state index contributed by atoms with van der Waals surface area (Å²) < 4.78 is 1.61. The molecular weight excluding hydrogens is 238 g/mol. The molecule has 3 rings (SSSR count). The topological polar surface area (TPSA) is 47.8 Å². The molecule has 2 aromatic rings. The number of hydrogen-bond donors (Lipinski definition) is 0.